The molecule has 1 aliphatic rings. The van der Waals surface area contributed by atoms with Crippen LogP contribution in [0.3, 0.4) is 0 Å². The molecule has 4 nitrogen and oxygen atoms in total. The van der Waals surface area contributed by atoms with Gasteiger partial charge in [-0.1, -0.05) is 24.6 Å². The van der Waals surface area contributed by atoms with Crippen LogP contribution in [0.1, 0.15) is 19.3 Å². The summed E-state index contributed by atoms with van der Waals surface area (Å²) in [6.07, 6.45) is 7.48. The van der Waals surface area contributed by atoms with Crippen molar-refractivity contribution in [3.63, 3.8) is 0 Å². The number of rotatable bonds is 4. The molecule has 1 fully saturated rings. The number of hydrogen-bond donors (Lipinski definition) is 1. The fraction of sp³-hybridized carbons (Fsp3) is 0.400. The first-order chi connectivity index (χ1) is 9.42. The Labute approximate surface area is 113 Å². The van der Waals surface area contributed by atoms with E-state index in [4.69, 9.17) is 4.74 Å². The average Bonchev–Trinajstić information content (AvgIpc) is 2.96. The van der Waals surface area contributed by atoms with Crippen molar-refractivity contribution in [1.82, 2.24) is 15.1 Å². The summed E-state index contributed by atoms with van der Waals surface area (Å²) in [4.78, 5) is 0. The van der Waals surface area contributed by atoms with E-state index in [1.807, 2.05) is 41.2 Å². The Hall–Kier alpha value is -1.81. The zero-order chi connectivity index (χ0) is 12.9. The summed E-state index contributed by atoms with van der Waals surface area (Å²) in [5, 5.41) is 7.80. The lowest BCUT2D eigenvalue weighted by atomic mass is 10.1. The number of aromatic nitrogens is 2. The molecular weight excluding hydrogens is 238 g/mol. The zero-order valence-corrected chi connectivity index (χ0v) is 11.0. The second kappa shape index (κ2) is 5.89. The molecular formula is C15H19N3O. The van der Waals surface area contributed by atoms with Gasteiger partial charge in [-0.2, -0.15) is 5.10 Å². The van der Waals surface area contributed by atoms with Crippen molar-refractivity contribution in [2.45, 2.75) is 25.3 Å². The minimum Gasteiger partial charge on any atom is -0.489 e. The minimum atomic E-state index is 0.480. The molecule has 1 saturated heterocycles. The predicted octanol–water partition coefficient (Wildman–Crippen LogP) is 2.39. The van der Waals surface area contributed by atoms with Gasteiger partial charge in [-0.25, -0.2) is 4.68 Å². The Morgan fingerprint density at radius 3 is 2.95 bits per heavy atom. The molecule has 0 saturated carbocycles. The van der Waals surface area contributed by atoms with Gasteiger partial charge in [0.25, 0.3) is 0 Å². The number of nitrogens with zero attached hydrogens (tertiary/aromatic N) is 2. The Bertz CT molecular complexity index is 503. The van der Waals surface area contributed by atoms with E-state index in [1.165, 1.54) is 19.3 Å². The van der Waals surface area contributed by atoms with Crippen molar-refractivity contribution >= 4 is 0 Å². The second-order valence-electron chi connectivity index (χ2n) is 4.91. The molecule has 2 aromatic rings. The summed E-state index contributed by atoms with van der Waals surface area (Å²) in [6.45, 7) is 1.83. The first-order valence-corrected chi connectivity index (χ1v) is 6.88. The summed E-state index contributed by atoms with van der Waals surface area (Å²) < 4.78 is 7.64. The summed E-state index contributed by atoms with van der Waals surface area (Å²) in [7, 11) is 0. The van der Waals surface area contributed by atoms with Crippen LogP contribution in [0.4, 0.5) is 0 Å². The molecule has 1 aromatic heterocycles. The highest BCUT2D eigenvalue weighted by molar-refractivity contribution is 5.32. The van der Waals surface area contributed by atoms with Crippen LogP contribution in [0.2, 0.25) is 0 Å². The van der Waals surface area contributed by atoms with Gasteiger partial charge in [-0.15, -0.1) is 0 Å². The average molecular weight is 257 g/mol. The molecule has 100 valence electrons. The van der Waals surface area contributed by atoms with Crippen molar-refractivity contribution in [2.75, 3.05) is 13.2 Å². The van der Waals surface area contributed by atoms with E-state index in [0.29, 0.717) is 6.04 Å². The van der Waals surface area contributed by atoms with E-state index >= 15 is 0 Å². The molecule has 2 heterocycles. The van der Waals surface area contributed by atoms with Crippen molar-refractivity contribution in [3.05, 3.63) is 42.7 Å². The molecule has 1 N–H and O–H groups in total. The van der Waals surface area contributed by atoms with Gasteiger partial charge in [-0.05, 0) is 31.5 Å². The number of nitrogens with one attached hydrogen (secondary N) is 1. The standard InChI is InChI=1S/C15H19N3O/c1-2-7-14(8-3-1)18-11-15(10-17-18)19-12-13-6-4-5-9-16-13/h1-3,7-8,10-11,13,16H,4-6,9,12H2. The van der Waals surface area contributed by atoms with Crippen LogP contribution in [0.25, 0.3) is 5.69 Å². The van der Waals surface area contributed by atoms with Gasteiger partial charge in [0.2, 0.25) is 0 Å². The number of para-hydroxylation sites is 1. The maximum Gasteiger partial charge on any atom is 0.157 e. The van der Waals surface area contributed by atoms with Gasteiger partial charge in [0, 0.05) is 6.04 Å². The summed E-state index contributed by atoms with van der Waals surface area (Å²) in [5.41, 5.74) is 1.05. The van der Waals surface area contributed by atoms with Crippen molar-refractivity contribution < 1.29 is 4.74 Å². The first-order valence-electron chi connectivity index (χ1n) is 6.88. The third-order valence-electron chi connectivity index (χ3n) is 3.44. The molecule has 3 rings (SSSR count). The quantitative estimate of drug-likeness (QED) is 0.914. The van der Waals surface area contributed by atoms with Crippen LogP contribution in [0.15, 0.2) is 42.7 Å². The van der Waals surface area contributed by atoms with E-state index < -0.39 is 0 Å². The monoisotopic (exact) mass is 257 g/mol. The molecule has 1 atom stereocenters. The lowest BCUT2D eigenvalue weighted by Gasteiger charge is -2.22. The molecule has 1 unspecified atom stereocenters. The smallest absolute Gasteiger partial charge is 0.157 e. The number of hydrogen-bond acceptors (Lipinski definition) is 3. The molecule has 0 radical (unpaired) electrons. The number of benzene rings is 1. The summed E-state index contributed by atoms with van der Waals surface area (Å²) in [6, 6.07) is 10.5. The van der Waals surface area contributed by atoms with Crippen LogP contribution in [-0.2, 0) is 0 Å². The van der Waals surface area contributed by atoms with Gasteiger partial charge in [0.1, 0.15) is 6.61 Å². The van der Waals surface area contributed by atoms with E-state index in [9.17, 15) is 0 Å². The predicted molar refractivity (Wildman–Crippen MR) is 74.7 cm³/mol. The van der Waals surface area contributed by atoms with Crippen LogP contribution in [0, 0.1) is 0 Å². The topological polar surface area (TPSA) is 39.1 Å². The normalized spacial score (nSPS) is 19.3. The number of ether oxygens (including phenoxy) is 1. The van der Waals surface area contributed by atoms with E-state index in [-0.39, 0.29) is 0 Å². The highest BCUT2D eigenvalue weighted by Gasteiger charge is 2.13. The molecule has 0 bridgehead atoms. The lowest BCUT2D eigenvalue weighted by Crippen LogP contribution is -2.38. The van der Waals surface area contributed by atoms with Gasteiger partial charge in [-0.3, -0.25) is 0 Å². The second-order valence-corrected chi connectivity index (χ2v) is 4.91. The van der Waals surface area contributed by atoms with Crippen LogP contribution < -0.4 is 10.1 Å². The van der Waals surface area contributed by atoms with Gasteiger partial charge in [0.05, 0.1) is 18.1 Å². The largest absolute Gasteiger partial charge is 0.489 e. The van der Waals surface area contributed by atoms with E-state index in [1.54, 1.807) is 6.20 Å². The molecule has 0 spiro atoms. The van der Waals surface area contributed by atoms with E-state index in [2.05, 4.69) is 10.4 Å². The third kappa shape index (κ3) is 3.15. The summed E-state index contributed by atoms with van der Waals surface area (Å²) >= 11 is 0. The zero-order valence-electron chi connectivity index (χ0n) is 11.0. The Morgan fingerprint density at radius 1 is 1.26 bits per heavy atom. The van der Waals surface area contributed by atoms with Crippen LogP contribution >= 0.6 is 0 Å². The molecule has 0 amide bonds. The Balaban J connectivity index is 1.59. The van der Waals surface area contributed by atoms with E-state index in [0.717, 1.165) is 24.6 Å². The fourth-order valence-corrected chi connectivity index (χ4v) is 2.37. The maximum atomic E-state index is 5.80. The highest BCUT2D eigenvalue weighted by Crippen LogP contribution is 2.15. The highest BCUT2D eigenvalue weighted by atomic mass is 16.5. The van der Waals surface area contributed by atoms with Crippen molar-refractivity contribution in [3.8, 4) is 11.4 Å². The molecule has 1 aromatic carbocycles. The van der Waals surface area contributed by atoms with Gasteiger partial charge < -0.3 is 10.1 Å². The first kappa shape index (κ1) is 12.2. The fourth-order valence-electron chi connectivity index (χ4n) is 2.37. The third-order valence-corrected chi connectivity index (χ3v) is 3.44. The van der Waals surface area contributed by atoms with Crippen LogP contribution in [-0.4, -0.2) is 29.0 Å². The van der Waals surface area contributed by atoms with Crippen molar-refractivity contribution in [2.24, 2.45) is 0 Å². The molecule has 0 aliphatic carbocycles. The number of piperidine rings is 1. The maximum absolute atomic E-state index is 5.80. The molecule has 1 aliphatic heterocycles. The van der Waals surface area contributed by atoms with Crippen molar-refractivity contribution in [1.29, 1.82) is 0 Å². The van der Waals surface area contributed by atoms with Gasteiger partial charge in [0.15, 0.2) is 5.75 Å². The van der Waals surface area contributed by atoms with Gasteiger partial charge >= 0.3 is 0 Å². The SMILES string of the molecule is c1ccc(-n2cc(OCC3CCCCN3)cn2)cc1. The molecule has 19 heavy (non-hydrogen) atoms. The lowest BCUT2D eigenvalue weighted by molar-refractivity contribution is 0.239. The minimum absolute atomic E-state index is 0.480. The Morgan fingerprint density at radius 2 is 2.16 bits per heavy atom. The molecule has 4 heteroatoms. The summed E-state index contributed by atoms with van der Waals surface area (Å²) in [5.74, 6) is 0.830. The Kier molecular flexibility index (Phi) is 3.79. The van der Waals surface area contributed by atoms with Crippen LogP contribution in [0.5, 0.6) is 5.75 Å².